The predicted octanol–water partition coefficient (Wildman–Crippen LogP) is 3.90. The van der Waals surface area contributed by atoms with Crippen molar-refractivity contribution in [2.45, 2.75) is 63.8 Å². The van der Waals surface area contributed by atoms with E-state index in [1.165, 1.54) is 45.1 Å². The maximum atomic E-state index is 6.40. The predicted molar refractivity (Wildman–Crippen MR) is 68.6 cm³/mol. The van der Waals surface area contributed by atoms with Crippen LogP contribution in [0, 0.1) is 5.92 Å². The molecule has 0 aromatic carbocycles. The summed E-state index contributed by atoms with van der Waals surface area (Å²) in [4.78, 5) is 2.50. The van der Waals surface area contributed by atoms with E-state index in [1.54, 1.807) is 0 Å². The van der Waals surface area contributed by atoms with Crippen LogP contribution in [0.25, 0.3) is 0 Å². The van der Waals surface area contributed by atoms with Gasteiger partial charge in [0, 0.05) is 18.0 Å². The van der Waals surface area contributed by atoms with Gasteiger partial charge >= 0.3 is 0 Å². The summed E-state index contributed by atoms with van der Waals surface area (Å²) in [7, 11) is 2.25. The monoisotopic (exact) mass is 231 g/mol. The molecule has 1 nitrogen and oxygen atoms in total. The summed E-state index contributed by atoms with van der Waals surface area (Å²) in [5.74, 6) is 0.811. The van der Waals surface area contributed by atoms with E-state index in [9.17, 15) is 0 Å². The Kier molecular flexibility index (Phi) is 5.99. The smallest absolute Gasteiger partial charge is 0.0491 e. The molecule has 1 aliphatic carbocycles. The standard InChI is InChI=1S/C13H26ClN/c1-4-7-11(2)10-15(3)13-9-6-5-8-12(13)14/h11-13H,4-10H2,1-3H3. The molecule has 2 heteroatoms. The van der Waals surface area contributed by atoms with Crippen molar-refractivity contribution in [2.75, 3.05) is 13.6 Å². The fourth-order valence-electron chi connectivity index (χ4n) is 2.77. The molecule has 0 radical (unpaired) electrons. The van der Waals surface area contributed by atoms with Gasteiger partial charge in [-0.1, -0.05) is 33.1 Å². The molecule has 1 aliphatic rings. The zero-order chi connectivity index (χ0) is 11.3. The third-order valence-electron chi connectivity index (χ3n) is 3.59. The lowest BCUT2D eigenvalue weighted by Gasteiger charge is -2.36. The van der Waals surface area contributed by atoms with Crippen molar-refractivity contribution in [3.8, 4) is 0 Å². The van der Waals surface area contributed by atoms with E-state index in [0.717, 1.165) is 5.92 Å². The van der Waals surface area contributed by atoms with Crippen LogP contribution in [0.5, 0.6) is 0 Å². The van der Waals surface area contributed by atoms with Gasteiger partial charge in [-0.25, -0.2) is 0 Å². The van der Waals surface area contributed by atoms with Gasteiger partial charge in [0.25, 0.3) is 0 Å². The average Bonchev–Trinajstić information content (AvgIpc) is 2.18. The van der Waals surface area contributed by atoms with Crippen LogP contribution in [-0.2, 0) is 0 Å². The molecule has 3 atom stereocenters. The van der Waals surface area contributed by atoms with Crippen molar-refractivity contribution in [3.05, 3.63) is 0 Å². The summed E-state index contributed by atoms with van der Waals surface area (Å²) in [6.45, 7) is 5.83. The second kappa shape index (κ2) is 6.75. The molecule has 1 rings (SSSR count). The molecule has 0 bridgehead atoms. The lowest BCUT2D eigenvalue weighted by Crippen LogP contribution is -2.42. The van der Waals surface area contributed by atoms with E-state index >= 15 is 0 Å². The highest BCUT2D eigenvalue weighted by Gasteiger charge is 2.26. The molecule has 1 fully saturated rings. The summed E-state index contributed by atoms with van der Waals surface area (Å²) in [6.07, 6.45) is 7.82. The summed E-state index contributed by atoms with van der Waals surface area (Å²) >= 11 is 6.40. The van der Waals surface area contributed by atoms with Crippen molar-refractivity contribution < 1.29 is 0 Å². The fraction of sp³-hybridized carbons (Fsp3) is 1.00. The number of halogens is 1. The molecule has 90 valence electrons. The summed E-state index contributed by atoms with van der Waals surface area (Å²) < 4.78 is 0. The van der Waals surface area contributed by atoms with E-state index in [2.05, 4.69) is 25.8 Å². The van der Waals surface area contributed by atoms with Crippen LogP contribution < -0.4 is 0 Å². The minimum atomic E-state index is 0.387. The Morgan fingerprint density at radius 2 is 2.00 bits per heavy atom. The summed E-state index contributed by atoms with van der Waals surface area (Å²) in [5.41, 5.74) is 0. The van der Waals surface area contributed by atoms with Gasteiger partial charge < -0.3 is 4.90 Å². The lowest BCUT2D eigenvalue weighted by molar-refractivity contribution is 0.170. The van der Waals surface area contributed by atoms with Crippen molar-refractivity contribution in [2.24, 2.45) is 5.92 Å². The van der Waals surface area contributed by atoms with E-state index in [-0.39, 0.29) is 0 Å². The molecule has 0 saturated heterocycles. The van der Waals surface area contributed by atoms with Gasteiger partial charge in [0.05, 0.1) is 0 Å². The van der Waals surface area contributed by atoms with Gasteiger partial charge in [-0.2, -0.15) is 0 Å². The largest absolute Gasteiger partial charge is 0.302 e. The van der Waals surface area contributed by atoms with Gasteiger partial charge in [0.1, 0.15) is 0 Å². The Bertz CT molecular complexity index is 172. The SMILES string of the molecule is CCCC(C)CN(C)C1CCCCC1Cl. The summed E-state index contributed by atoms with van der Waals surface area (Å²) in [5, 5.41) is 0.387. The molecular formula is C13H26ClN. The maximum absolute atomic E-state index is 6.40. The number of alkyl halides is 1. The third-order valence-corrected chi connectivity index (χ3v) is 4.10. The van der Waals surface area contributed by atoms with E-state index in [0.29, 0.717) is 11.4 Å². The van der Waals surface area contributed by atoms with Crippen LogP contribution in [0.15, 0.2) is 0 Å². The van der Waals surface area contributed by atoms with Crippen LogP contribution in [0.2, 0.25) is 0 Å². The first-order chi connectivity index (χ1) is 7.15. The van der Waals surface area contributed by atoms with E-state index < -0.39 is 0 Å². The third kappa shape index (κ3) is 4.32. The highest BCUT2D eigenvalue weighted by Crippen LogP contribution is 2.27. The number of hydrogen-bond acceptors (Lipinski definition) is 1. The molecule has 3 unspecified atom stereocenters. The number of rotatable bonds is 5. The number of nitrogens with zero attached hydrogens (tertiary/aromatic N) is 1. The molecule has 0 heterocycles. The molecule has 0 spiro atoms. The quantitative estimate of drug-likeness (QED) is 0.649. The minimum Gasteiger partial charge on any atom is -0.302 e. The highest BCUT2D eigenvalue weighted by molar-refractivity contribution is 6.21. The first-order valence-electron chi connectivity index (χ1n) is 6.49. The van der Waals surface area contributed by atoms with Crippen molar-refractivity contribution >= 4 is 11.6 Å². The Balaban J connectivity index is 2.34. The number of hydrogen-bond donors (Lipinski definition) is 0. The topological polar surface area (TPSA) is 3.24 Å². The molecule has 0 aromatic rings. The fourth-order valence-corrected chi connectivity index (χ4v) is 3.25. The lowest BCUT2D eigenvalue weighted by atomic mass is 9.93. The van der Waals surface area contributed by atoms with Crippen molar-refractivity contribution in [3.63, 3.8) is 0 Å². The molecule has 15 heavy (non-hydrogen) atoms. The molecule has 0 aromatic heterocycles. The Morgan fingerprint density at radius 3 is 2.60 bits per heavy atom. The molecular weight excluding hydrogens is 206 g/mol. The summed E-state index contributed by atoms with van der Waals surface area (Å²) in [6, 6.07) is 0.625. The molecule has 0 amide bonds. The Morgan fingerprint density at radius 1 is 1.33 bits per heavy atom. The maximum Gasteiger partial charge on any atom is 0.0491 e. The zero-order valence-electron chi connectivity index (χ0n) is 10.5. The van der Waals surface area contributed by atoms with Gasteiger partial charge in [-0.05, 0) is 32.2 Å². The first kappa shape index (κ1) is 13.3. The molecule has 0 N–H and O–H groups in total. The minimum absolute atomic E-state index is 0.387. The van der Waals surface area contributed by atoms with E-state index in [1.807, 2.05) is 0 Å². The van der Waals surface area contributed by atoms with Crippen LogP contribution >= 0.6 is 11.6 Å². The van der Waals surface area contributed by atoms with Crippen LogP contribution in [0.3, 0.4) is 0 Å². The Labute approximate surface area is 100 Å². The first-order valence-corrected chi connectivity index (χ1v) is 6.93. The van der Waals surface area contributed by atoms with Gasteiger partial charge in [0.2, 0.25) is 0 Å². The van der Waals surface area contributed by atoms with Crippen LogP contribution in [0.1, 0.15) is 52.4 Å². The van der Waals surface area contributed by atoms with Gasteiger partial charge in [-0.15, -0.1) is 11.6 Å². The molecule has 0 aliphatic heterocycles. The van der Waals surface area contributed by atoms with E-state index in [4.69, 9.17) is 11.6 Å². The second-order valence-corrected chi connectivity index (χ2v) is 5.76. The van der Waals surface area contributed by atoms with Crippen LogP contribution in [-0.4, -0.2) is 29.9 Å². The van der Waals surface area contributed by atoms with Gasteiger partial charge in [0.15, 0.2) is 0 Å². The highest BCUT2D eigenvalue weighted by atomic mass is 35.5. The second-order valence-electron chi connectivity index (χ2n) is 5.20. The average molecular weight is 232 g/mol. The normalized spacial score (nSPS) is 29.4. The van der Waals surface area contributed by atoms with Crippen molar-refractivity contribution in [1.29, 1.82) is 0 Å². The van der Waals surface area contributed by atoms with Crippen LogP contribution in [0.4, 0.5) is 0 Å². The van der Waals surface area contributed by atoms with Crippen molar-refractivity contribution in [1.82, 2.24) is 4.90 Å². The zero-order valence-corrected chi connectivity index (χ0v) is 11.3. The van der Waals surface area contributed by atoms with Gasteiger partial charge in [-0.3, -0.25) is 0 Å². The molecule has 1 saturated carbocycles. The Hall–Kier alpha value is 0.250.